The summed E-state index contributed by atoms with van der Waals surface area (Å²) in [4.78, 5) is 14.1. The first-order valence-electron chi connectivity index (χ1n) is 9.72. The van der Waals surface area contributed by atoms with Gasteiger partial charge in [-0.2, -0.15) is 5.26 Å². The standard InChI is InChI=1S/C21H28N2OS/c1-21(2,3)14-6-7-15-17(11-22)20(25-18(15)10-14)23-19(24)16-9-12-4-5-13(16)8-12/h12-14,16H,4-10H2,1-3H3,(H,23,24). The van der Waals surface area contributed by atoms with E-state index in [0.29, 0.717) is 17.3 Å². The second-order valence-corrected chi connectivity index (χ2v) is 10.5. The summed E-state index contributed by atoms with van der Waals surface area (Å²) >= 11 is 1.66. The fourth-order valence-corrected chi connectivity index (χ4v) is 6.58. The summed E-state index contributed by atoms with van der Waals surface area (Å²) in [5.74, 6) is 2.33. The van der Waals surface area contributed by atoms with E-state index < -0.39 is 0 Å². The van der Waals surface area contributed by atoms with Crippen molar-refractivity contribution in [3.63, 3.8) is 0 Å². The van der Waals surface area contributed by atoms with Crippen LogP contribution < -0.4 is 5.32 Å². The molecule has 1 N–H and O–H groups in total. The van der Waals surface area contributed by atoms with Gasteiger partial charge in [0.05, 0.1) is 5.56 Å². The van der Waals surface area contributed by atoms with Gasteiger partial charge in [0.2, 0.25) is 5.91 Å². The summed E-state index contributed by atoms with van der Waals surface area (Å²) in [6.45, 7) is 6.91. The van der Waals surface area contributed by atoms with Gasteiger partial charge in [-0.05, 0) is 67.3 Å². The second-order valence-electron chi connectivity index (χ2n) is 9.40. The largest absolute Gasteiger partial charge is 0.316 e. The van der Waals surface area contributed by atoms with E-state index in [1.165, 1.54) is 29.7 Å². The van der Waals surface area contributed by atoms with E-state index in [-0.39, 0.29) is 11.8 Å². The minimum absolute atomic E-state index is 0.162. The maximum Gasteiger partial charge on any atom is 0.228 e. The highest BCUT2D eigenvalue weighted by Gasteiger charge is 2.43. The lowest BCUT2D eigenvalue weighted by molar-refractivity contribution is -0.121. The predicted octanol–water partition coefficient (Wildman–Crippen LogP) is 5.15. The quantitative estimate of drug-likeness (QED) is 0.797. The van der Waals surface area contributed by atoms with E-state index >= 15 is 0 Å². The summed E-state index contributed by atoms with van der Waals surface area (Å²) in [5.41, 5.74) is 2.24. The van der Waals surface area contributed by atoms with Crippen LogP contribution in [-0.2, 0) is 17.6 Å². The van der Waals surface area contributed by atoms with Crippen LogP contribution in [-0.4, -0.2) is 5.91 Å². The highest BCUT2D eigenvalue weighted by molar-refractivity contribution is 7.16. The molecule has 4 rings (SSSR count). The Kier molecular flexibility index (Phi) is 4.19. The number of rotatable bonds is 2. The zero-order valence-electron chi connectivity index (χ0n) is 15.5. The third-order valence-electron chi connectivity index (χ3n) is 6.91. The summed E-state index contributed by atoms with van der Waals surface area (Å²) in [5, 5.41) is 13.6. The molecular weight excluding hydrogens is 328 g/mol. The Labute approximate surface area is 154 Å². The van der Waals surface area contributed by atoms with Gasteiger partial charge in [0.1, 0.15) is 11.1 Å². The smallest absolute Gasteiger partial charge is 0.228 e. The molecule has 0 spiro atoms. The first-order chi connectivity index (χ1) is 11.9. The highest BCUT2D eigenvalue weighted by Crippen LogP contribution is 2.49. The fourth-order valence-electron chi connectivity index (χ4n) is 5.30. The van der Waals surface area contributed by atoms with Gasteiger partial charge in [-0.25, -0.2) is 0 Å². The van der Waals surface area contributed by atoms with Gasteiger partial charge in [0.25, 0.3) is 0 Å². The molecule has 2 saturated carbocycles. The molecule has 4 heteroatoms. The number of nitrogens with zero attached hydrogens (tertiary/aromatic N) is 1. The molecule has 1 amide bonds. The van der Waals surface area contributed by atoms with Gasteiger partial charge < -0.3 is 5.32 Å². The Balaban J connectivity index is 1.54. The van der Waals surface area contributed by atoms with Gasteiger partial charge in [0, 0.05) is 10.8 Å². The molecule has 0 saturated heterocycles. The molecule has 1 aromatic heterocycles. The van der Waals surface area contributed by atoms with Crippen molar-refractivity contribution in [1.82, 2.24) is 0 Å². The molecule has 0 radical (unpaired) electrons. The molecule has 25 heavy (non-hydrogen) atoms. The molecule has 2 fully saturated rings. The molecule has 134 valence electrons. The summed E-state index contributed by atoms with van der Waals surface area (Å²) in [7, 11) is 0. The van der Waals surface area contributed by atoms with Crippen LogP contribution >= 0.6 is 11.3 Å². The monoisotopic (exact) mass is 356 g/mol. The number of fused-ring (bicyclic) bond motifs is 3. The van der Waals surface area contributed by atoms with Crippen LogP contribution in [0.5, 0.6) is 0 Å². The van der Waals surface area contributed by atoms with Crippen molar-refractivity contribution in [2.75, 3.05) is 5.32 Å². The van der Waals surface area contributed by atoms with Gasteiger partial charge in [-0.3, -0.25) is 4.79 Å². The molecule has 0 aromatic carbocycles. The Morgan fingerprint density at radius 2 is 2.04 bits per heavy atom. The Morgan fingerprint density at radius 1 is 1.24 bits per heavy atom. The van der Waals surface area contributed by atoms with Crippen LogP contribution in [0.2, 0.25) is 0 Å². The molecule has 0 aliphatic heterocycles. The topological polar surface area (TPSA) is 52.9 Å². The number of carbonyl (C=O) groups excluding carboxylic acids is 1. The third kappa shape index (κ3) is 3.01. The van der Waals surface area contributed by atoms with Gasteiger partial charge in [0.15, 0.2) is 0 Å². The number of nitriles is 1. The van der Waals surface area contributed by atoms with Crippen LogP contribution in [0.4, 0.5) is 5.00 Å². The van der Waals surface area contributed by atoms with Crippen LogP contribution in [0.15, 0.2) is 0 Å². The molecule has 1 heterocycles. The van der Waals surface area contributed by atoms with Crippen molar-refractivity contribution in [1.29, 1.82) is 5.26 Å². The van der Waals surface area contributed by atoms with Gasteiger partial charge >= 0.3 is 0 Å². The Bertz CT molecular complexity index is 736. The lowest BCUT2D eigenvalue weighted by Crippen LogP contribution is -2.27. The minimum Gasteiger partial charge on any atom is -0.316 e. The summed E-state index contributed by atoms with van der Waals surface area (Å²) in [6.07, 6.45) is 7.96. The average molecular weight is 357 g/mol. The zero-order valence-corrected chi connectivity index (χ0v) is 16.3. The van der Waals surface area contributed by atoms with E-state index in [4.69, 9.17) is 0 Å². The van der Waals surface area contributed by atoms with Gasteiger partial charge in [-0.15, -0.1) is 11.3 Å². The first-order valence-corrected chi connectivity index (χ1v) is 10.5. The molecule has 1 aromatic rings. The van der Waals surface area contributed by atoms with Crippen LogP contribution in [0.1, 0.15) is 68.9 Å². The Hall–Kier alpha value is -1.34. The van der Waals surface area contributed by atoms with E-state index in [0.717, 1.165) is 42.2 Å². The molecular formula is C21H28N2OS. The van der Waals surface area contributed by atoms with E-state index in [9.17, 15) is 10.1 Å². The number of nitrogens with one attached hydrogen (secondary N) is 1. The molecule has 3 aliphatic rings. The molecule has 2 bridgehead atoms. The van der Waals surface area contributed by atoms with Crippen molar-refractivity contribution in [2.45, 2.75) is 65.7 Å². The number of hydrogen-bond donors (Lipinski definition) is 1. The second kappa shape index (κ2) is 6.13. The lowest BCUT2D eigenvalue weighted by Gasteiger charge is -2.33. The first kappa shape index (κ1) is 17.1. The van der Waals surface area contributed by atoms with Gasteiger partial charge in [-0.1, -0.05) is 27.2 Å². The Morgan fingerprint density at radius 3 is 2.64 bits per heavy atom. The summed E-state index contributed by atoms with van der Waals surface area (Å²) in [6, 6.07) is 2.38. The number of anilines is 1. The molecule has 3 aliphatic carbocycles. The van der Waals surface area contributed by atoms with Crippen molar-refractivity contribution >= 4 is 22.2 Å². The van der Waals surface area contributed by atoms with Crippen molar-refractivity contribution in [2.24, 2.45) is 29.1 Å². The van der Waals surface area contributed by atoms with Crippen LogP contribution in [0, 0.1) is 40.4 Å². The number of hydrogen-bond acceptors (Lipinski definition) is 3. The molecule has 4 atom stereocenters. The normalized spacial score (nSPS) is 30.8. The number of thiophene rings is 1. The maximum atomic E-state index is 12.8. The van der Waals surface area contributed by atoms with Crippen molar-refractivity contribution in [3.05, 3.63) is 16.0 Å². The maximum absolute atomic E-state index is 12.8. The number of carbonyl (C=O) groups is 1. The SMILES string of the molecule is CC(C)(C)C1CCc2c(sc(NC(=O)C3CC4CCC3C4)c2C#N)C1. The zero-order chi connectivity index (χ0) is 17.8. The summed E-state index contributed by atoms with van der Waals surface area (Å²) < 4.78 is 0. The van der Waals surface area contributed by atoms with Crippen LogP contribution in [0.3, 0.4) is 0 Å². The van der Waals surface area contributed by atoms with Crippen molar-refractivity contribution < 1.29 is 4.79 Å². The third-order valence-corrected chi connectivity index (χ3v) is 8.08. The van der Waals surface area contributed by atoms with E-state index in [2.05, 4.69) is 32.2 Å². The molecule has 3 nitrogen and oxygen atoms in total. The predicted molar refractivity (Wildman–Crippen MR) is 102 cm³/mol. The number of amides is 1. The van der Waals surface area contributed by atoms with Crippen molar-refractivity contribution in [3.8, 4) is 6.07 Å². The highest BCUT2D eigenvalue weighted by atomic mass is 32.1. The average Bonchev–Trinajstić information content (AvgIpc) is 3.26. The van der Waals surface area contributed by atoms with Crippen LogP contribution in [0.25, 0.3) is 0 Å². The molecule has 4 unspecified atom stereocenters. The fraction of sp³-hybridized carbons (Fsp3) is 0.714. The lowest BCUT2D eigenvalue weighted by atomic mass is 9.72. The van der Waals surface area contributed by atoms with E-state index in [1.54, 1.807) is 11.3 Å². The minimum atomic E-state index is 0.162. The van der Waals surface area contributed by atoms with E-state index in [1.807, 2.05) is 0 Å².